The molecule has 1 saturated heterocycles. The minimum atomic E-state index is -1.25. The first kappa shape index (κ1) is 24.8. The van der Waals surface area contributed by atoms with E-state index in [1.165, 1.54) is 17.6 Å². The molecule has 2 aliphatic heterocycles. The van der Waals surface area contributed by atoms with Crippen LogP contribution in [0.5, 0.6) is 0 Å². The van der Waals surface area contributed by atoms with Crippen molar-refractivity contribution in [3.05, 3.63) is 50.8 Å². The lowest BCUT2D eigenvalue weighted by Gasteiger charge is -2.36. The van der Waals surface area contributed by atoms with E-state index in [1.807, 2.05) is 4.90 Å². The zero-order valence-electron chi connectivity index (χ0n) is 19.3. The monoisotopic (exact) mass is 544 g/mol. The van der Waals surface area contributed by atoms with Crippen LogP contribution in [0.4, 0.5) is 5.69 Å². The molecule has 2 aromatic rings. The number of aromatic nitrogens is 1. The number of hydrogen-bond donors (Lipinski definition) is 3. The van der Waals surface area contributed by atoms with Gasteiger partial charge in [0.15, 0.2) is 5.78 Å². The average molecular weight is 545 g/mol. The SMILES string of the molecule is CC(=O)c1c(C)c(C(=O)O)n(C(CC(N)=O)N2CCOCC2)c1C=C1C(=O)Nc2ccc(Br)cc21. The number of primary amides is 1. The van der Waals surface area contributed by atoms with Crippen LogP contribution in [-0.2, 0) is 14.3 Å². The van der Waals surface area contributed by atoms with Crippen LogP contribution in [0.25, 0.3) is 11.6 Å². The van der Waals surface area contributed by atoms with Crippen LogP contribution in [0.15, 0.2) is 22.7 Å². The summed E-state index contributed by atoms with van der Waals surface area (Å²) in [6.07, 6.45) is 0.557. The Labute approximate surface area is 209 Å². The van der Waals surface area contributed by atoms with E-state index >= 15 is 0 Å². The molecule has 10 nitrogen and oxygen atoms in total. The Morgan fingerprint density at radius 1 is 1.29 bits per heavy atom. The molecule has 35 heavy (non-hydrogen) atoms. The van der Waals surface area contributed by atoms with Crippen molar-refractivity contribution in [2.45, 2.75) is 26.4 Å². The Hall–Kier alpha value is -3.28. The number of ketones is 1. The standard InChI is InChI=1S/C24H25BrN4O6/c1-12-21(13(2)30)18(10-16-15-9-14(25)3-4-17(15)27-23(16)32)29(22(12)24(33)34)20(11-19(26)31)28-5-7-35-8-6-28/h3-4,9-10,20H,5-8,11H2,1-2H3,(H2,26,31)(H,27,32)(H,33,34). The fourth-order valence-corrected chi connectivity index (χ4v) is 5.13. The minimum absolute atomic E-state index is 0.132. The first-order chi connectivity index (χ1) is 16.6. The van der Waals surface area contributed by atoms with Gasteiger partial charge in [0.25, 0.3) is 5.91 Å². The van der Waals surface area contributed by atoms with Gasteiger partial charge in [0.1, 0.15) is 5.69 Å². The molecule has 0 bridgehead atoms. The number of hydrogen-bond acceptors (Lipinski definition) is 6. The third kappa shape index (κ3) is 4.66. The van der Waals surface area contributed by atoms with Crippen molar-refractivity contribution in [2.75, 3.05) is 31.6 Å². The van der Waals surface area contributed by atoms with Gasteiger partial charge in [-0.25, -0.2) is 4.79 Å². The quantitative estimate of drug-likeness (QED) is 0.359. The van der Waals surface area contributed by atoms with Gasteiger partial charge in [0.05, 0.1) is 37.1 Å². The molecule has 0 aliphatic carbocycles. The maximum absolute atomic E-state index is 12.9. The number of carboxylic acid groups (broad SMARTS) is 1. The predicted octanol–water partition coefficient (Wildman–Crippen LogP) is 2.66. The summed E-state index contributed by atoms with van der Waals surface area (Å²) < 4.78 is 7.64. The number of carbonyl (C=O) groups excluding carboxylic acids is 3. The number of amides is 2. The van der Waals surface area contributed by atoms with E-state index < -0.39 is 18.0 Å². The van der Waals surface area contributed by atoms with Crippen molar-refractivity contribution in [1.82, 2.24) is 9.47 Å². The molecule has 2 aliphatic rings. The van der Waals surface area contributed by atoms with E-state index in [9.17, 15) is 24.3 Å². The summed E-state index contributed by atoms with van der Waals surface area (Å²) in [5.74, 6) is -2.62. The zero-order valence-corrected chi connectivity index (χ0v) is 20.8. The van der Waals surface area contributed by atoms with Crippen LogP contribution in [-0.4, -0.2) is 64.4 Å². The number of fused-ring (bicyclic) bond motifs is 1. The Kier molecular flexibility index (Phi) is 6.93. The Morgan fingerprint density at radius 3 is 2.57 bits per heavy atom. The van der Waals surface area contributed by atoms with E-state index in [0.29, 0.717) is 37.6 Å². The largest absolute Gasteiger partial charge is 0.477 e. The van der Waals surface area contributed by atoms with Gasteiger partial charge >= 0.3 is 5.97 Å². The van der Waals surface area contributed by atoms with E-state index in [0.717, 1.165) is 4.47 Å². The molecule has 4 rings (SSSR count). The number of nitrogens with two attached hydrogens (primary N) is 1. The molecule has 0 saturated carbocycles. The Balaban J connectivity index is 2.02. The summed E-state index contributed by atoms with van der Waals surface area (Å²) >= 11 is 3.41. The number of carbonyl (C=O) groups is 4. The fraction of sp³-hybridized carbons (Fsp3) is 0.333. The number of benzene rings is 1. The highest BCUT2D eigenvalue weighted by Gasteiger charge is 2.35. The second-order valence-electron chi connectivity index (χ2n) is 8.47. The molecule has 1 fully saturated rings. The van der Waals surface area contributed by atoms with Gasteiger partial charge in [-0.1, -0.05) is 15.9 Å². The molecule has 184 valence electrons. The number of ether oxygens (including phenoxy) is 1. The third-order valence-electron chi connectivity index (χ3n) is 6.24. The molecule has 3 heterocycles. The normalized spacial score (nSPS) is 17.8. The number of nitrogens with zero attached hydrogens (tertiary/aromatic N) is 2. The molecule has 1 aromatic heterocycles. The summed E-state index contributed by atoms with van der Waals surface area (Å²) in [6, 6.07) is 5.31. The molecule has 1 unspecified atom stereocenters. The Morgan fingerprint density at radius 2 is 1.97 bits per heavy atom. The molecular weight excluding hydrogens is 520 g/mol. The van der Waals surface area contributed by atoms with Gasteiger partial charge in [-0.3, -0.25) is 19.3 Å². The molecule has 0 radical (unpaired) electrons. The summed E-state index contributed by atoms with van der Waals surface area (Å²) in [5, 5.41) is 12.9. The highest BCUT2D eigenvalue weighted by Crippen LogP contribution is 2.38. The topological polar surface area (TPSA) is 144 Å². The summed E-state index contributed by atoms with van der Waals surface area (Å²) in [7, 11) is 0. The molecule has 1 aromatic carbocycles. The van der Waals surface area contributed by atoms with Crippen LogP contribution in [0.1, 0.15) is 57.2 Å². The van der Waals surface area contributed by atoms with Crippen molar-refractivity contribution in [2.24, 2.45) is 5.73 Å². The first-order valence-corrected chi connectivity index (χ1v) is 11.8. The molecule has 11 heteroatoms. The average Bonchev–Trinajstić information content (AvgIpc) is 3.26. The number of anilines is 1. The van der Waals surface area contributed by atoms with Gasteiger partial charge in [0, 0.05) is 34.4 Å². The van der Waals surface area contributed by atoms with Crippen LogP contribution >= 0.6 is 15.9 Å². The van der Waals surface area contributed by atoms with E-state index in [1.54, 1.807) is 25.1 Å². The summed E-state index contributed by atoms with van der Waals surface area (Å²) in [5.41, 5.74) is 7.60. The minimum Gasteiger partial charge on any atom is -0.477 e. The van der Waals surface area contributed by atoms with Gasteiger partial charge in [-0.05, 0) is 43.7 Å². The highest BCUT2D eigenvalue weighted by molar-refractivity contribution is 9.10. The third-order valence-corrected chi connectivity index (χ3v) is 6.73. The van der Waals surface area contributed by atoms with Gasteiger partial charge in [-0.2, -0.15) is 0 Å². The van der Waals surface area contributed by atoms with Crippen molar-refractivity contribution in [1.29, 1.82) is 0 Å². The lowest BCUT2D eigenvalue weighted by molar-refractivity contribution is -0.121. The molecule has 0 spiro atoms. The molecule has 4 N–H and O–H groups in total. The molecular formula is C24H25BrN4O6. The smallest absolute Gasteiger partial charge is 0.352 e. The van der Waals surface area contributed by atoms with Crippen molar-refractivity contribution in [3.8, 4) is 0 Å². The molecule has 1 atom stereocenters. The van der Waals surface area contributed by atoms with Crippen molar-refractivity contribution in [3.63, 3.8) is 0 Å². The maximum atomic E-state index is 12.9. The van der Waals surface area contributed by atoms with Crippen LogP contribution in [0.3, 0.4) is 0 Å². The van der Waals surface area contributed by atoms with Crippen LogP contribution < -0.4 is 11.1 Å². The number of nitrogens with one attached hydrogen (secondary N) is 1. The second kappa shape index (κ2) is 9.76. The van der Waals surface area contributed by atoms with E-state index in [4.69, 9.17) is 10.5 Å². The second-order valence-corrected chi connectivity index (χ2v) is 9.38. The predicted molar refractivity (Wildman–Crippen MR) is 132 cm³/mol. The van der Waals surface area contributed by atoms with Crippen LogP contribution in [0.2, 0.25) is 0 Å². The van der Waals surface area contributed by atoms with Gasteiger partial charge in [0.2, 0.25) is 5.91 Å². The number of halogens is 1. The van der Waals surface area contributed by atoms with Crippen molar-refractivity contribution >= 4 is 56.8 Å². The lowest BCUT2D eigenvalue weighted by atomic mass is 10.0. The maximum Gasteiger partial charge on any atom is 0.352 e. The lowest BCUT2D eigenvalue weighted by Crippen LogP contribution is -2.43. The molecule has 2 amide bonds. The van der Waals surface area contributed by atoms with Gasteiger partial charge < -0.3 is 25.5 Å². The Bertz CT molecular complexity index is 1280. The van der Waals surface area contributed by atoms with E-state index in [-0.39, 0.29) is 46.2 Å². The van der Waals surface area contributed by atoms with Crippen molar-refractivity contribution < 1.29 is 29.0 Å². The zero-order chi connectivity index (χ0) is 25.4. The van der Waals surface area contributed by atoms with E-state index in [2.05, 4.69) is 21.2 Å². The number of aromatic carboxylic acids is 1. The van der Waals surface area contributed by atoms with Crippen LogP contribution in [0, 0.1) is 6.92 Å². The first-order valence-electron chi connectivity index (χ1n) is 11.0. The number of Topliss-reactive ketones (excluding diaryl/α,β-unsaturated/α-hetero) is 1. The summed E-state index contributed by atoms with van der Waals surface area (Å²) in [4.78, 5) is 52.1. The number of rotatable bonds is 7. The number of carboxylic acids is 1. The highest BCUT2D eigenvalue weighted by atomic mass is 79.9. The number of morpholine rings is 1. The fourth-order valence-electron chi connectivity index (χ4n) is 4.77. The summed E-state index contributed by atoms with van der Waals surface area (Å²) in [6.45, 7) is 4.58. The van der Waals surface area contributed by atoms with Gasteiger partial charge in [-0.15, -0.1) is 0 Å².